The van der Waals surface area contributed by atoms with E-state index in [2.05, 4.69) is 266 Å². The average Bonchev–Trinajstić information content (AvgIpc) is 4.10. The predicted molar refractivity (Wildman–Crippen MR) is 289 cm³/mol. The maximum Gasteiger partial charge on any atom is 0.137 e. The van der Waals surface area contributed by atoms with Gasteiger partial charge in [0.15, 0.2) is 0 Å². The van der Waals surface area contributed by atoms with Crippen molar-refractivity contribution in [3.05, 3.63) is 283 Å². The number of furan rings is 2. The van der Waals surface area contributed by atoms with Crippen molar-refractivity contribution >= 4 is 60.9 Å². The summed E-state index contributed by atoms with van der Waals surface area (Å²) in [6, 6.07) is 94.2. The van der Waals surface area contributed by atoms with Gasteiger partial charge in [-0.1, -0.05) is 200 Å². The van der Waals surface area contributed by atoms with Gasteiger partial charge in [-0.25, -0.2) is 0 Å². The summed E-state index contributed by atoms with van der Waals surface area (Å²) in [7, 11) is 0. The fourth-order valence-electron chi connectivity index (χ4n) is 11.6. The van der Waals surface area contributed by atoms with Crippen LogP contribution in [0.25, 0.3) is 88.4 Å². The molecule has 2 heterocycles. The molecule has 0 fully saturated rings. The van der Waals surface area contributed by atoms with Crippen LogP contribution >= 0.6 is 0 Å². The third kappa shape index (κ3) is 6.08. The van der Waals surface area contributed by atoms with Crippen LogP contribution in [-0.2, 0) is 5.41 Å². The molecule has 70 heavy (non-hydrogen) atoms. The molecule has 0 N–H and O–H groups in total. The Kier molecular flexibility index (Phi) is 9.11. The largest absolute Gasteiger partial charge is 0.456 e. The van der Waals surface area contributed by atoms with E-state index in [1.807, 2.05) is 0 Å². The van der Waals surface area contributed by atoms with E-state index in [0.717, 1.165) is 77.6 Å². The first-order valence-corrected chi connectivity index (χ1v) is 24.0. The first kappa shape index (κ1) is 39.9. The highest BCUT2D eigenvalue weighted by molar-refractivity contribution is 6.18. The highest BCUT2D eigenvalue weighted by Gasteiger charge is 2.46. The van der Waals surface area contributed by atoms with Gasteiger partial charge in [-0.3, -0.25) is 0 Å². The highest BCUT2D eigenvalue weighted by Crippen LogP contribution is 2.57. The Bertz CT molecular complexity index is 4080. The van der Waals surface area contributed by atoms with Gasteiger partial charge in [0, 0.05) is 16.5 Å². The quantitative estimate of drug-likeness (QED) is 0.152. The van der Waals surface area contributed by atoms with Crippen LogP contribution < -0.4 is 4.90 Å². The number of hydrogen-bond acceptors (Lipinski definition) is 3. The molecule has 3 nitrogen and oxygen atoms in total. The Morgan fingerprint density at radius 3 is 1.34 bits per heavy atom. The predicted octanol–water partition coefficient (Wildman–Crippen LogP) is 18.3. The minimum atomic E-state index is -0.593. The SMILES string of the molecule is c1ccc(-c2ccc3oc4cccc(N(c5cccc(C6(c7ccccc7)c7ccccc7-c7ccccc76)c5)c5cccc6oc7ccc(-c8ccccc8-c8ccccc8)cc7c56)c4c3c2)cc1. The normalized spacial score (nSPS) is 12.7. The summed E-state index contributed by atoms with van der Waals surface area (Å²) in [5.74, 6) is 0. The van der Waals surface area contributed by atoms with E-state index in [1.54, 1.807) is 0 Å². The first-order chi connectivity index (χ1) is 34.7. The van der Waals surface area contributed by atoms with Crippen molar-refractivity contribution in [3.8, 4) is 44.5 Å². The molecule has 0 unspecified atom stereocenters. The minimum Gasteiger partial charge on any atom is -0.456 e. The molecule has 0 saturated heterocycles. The Morgan fingerprint density at radius 1 is 0.286 bits per heavy atom. The molecule has 1 aliphatic rings. The number of anilines is 3. The number of rotatable bonds is 8. The van der Waals surface area contributed by atoms with E-state index in [4.69, 9.17) is 8.83 Å². The molecule has 13 aromatic rings. The van der Waals surface area contributed by atoms with Crippen molar-refractivity contribution in [1.82, 2.24) is 0 Å². The molecule has 0 saturated carbocycles. The molecule has 14 rings (SSSR count). The summed E-state index contributed by atoms with van der Waals surface area (Å²) in [5, 5.41) is 4.17. The molecule has 0 spiro atoms. The van der Waals surface area contributed by atoms with E-state index in [1.165, 1.54) is 50.1 Å². The van der Waals surface area contributed by atoms with Gasteiger partial charge in [0.25, 0.3) is 0 Å². The standard InChI is InChI=1S/C67H43NO2/c1-4-19-44(20-5-1)46-37-39-61-55(41-46)65-59(33-17-35-63(65)69-61)68(50-26-16-25-49(43-50)67(48-23-8-3-9-24-48)57-31-14-12-29-53(57)54-30-13-15-32-58(54)67)60-34-18-36-64-66(60)56-42-47(38-40-62(56)70-64)52-28-11-10-27-51(52)45-21-6-2-7-22-45/h1-43H. The van der Waals surface area contributed by atoms with Crippen molar-refractivity contribution in [2.45, 2.75) is 5.41 Å². The van der Waals surface area contributed by atoms with Gasteiger partial charge in [-0.05, 0) is 127 Å². The summed E-state index contributed by atoms with van der Waals surface area (Å²) >= 11 is 0. The van der Waals surface area contributed by atoms with Crippen molar-refractivity contribution in [3.63, 3.8) is 0 Å². The van der Waals surface area contributed by atoms with Gasteiger partial charge in [0.2, 0.25) is 0 Å². The molecule has 3 heteroatoms. The van der Waals surface area contributed by atoms with Gasteiger partial charge in [-0.15, -0.1) is 0 Å². The maximum absolute atomic E-state index is 6.84. The lowest BCUT2D eigenvalue weighted by Gasteiger charge is -2.35. The smallest absolute Gasteiger partial charge is 0.137 e. The monoisotopic (exact) mass is 893 g/mol. The number of nitrogens with zero attached hydrogens (tertiary/aromatic N) is 1. The van der Waals surface area contributed by atoms with E-state index in [9.17, 15) is 0 Å². The summed E-state index contributed by atoms with van der Waals surface area (Å²) in [5.41, 5.74) is 20.1. The molecule has 2 aromatic heterocycles. The Morgan fingerprint density at radius 2 is 0.743 bits per heavy atom. The van der Waals surface area contributed by atoms with E-state index in [0.29, 0.717) is 0 Å². The van der Waals surface area contributed by atoms with E-state index >= 15 is 0 Å². The number of fused-ring (bicyclic) bond motifs is 9. The van der Waals surface area contributed by atoms with Gasteiger partial charge >= 0.3 is 0 Å². The lowest BCUT2D eigenvalue weighted by molar-refractivity contribution is 0.669. The van der Waals surface area contributed by atoms with Crippen LogP contribution in [0.4, 0.5) is 17.1 Å². The summed E-state index contributed by atoms with van der Waals surface area (Å²) < 4.78 is 13.6. The Labute approximate surface area is 405 Å². The van der Waals surface area contributed by atoms with Gasteiger partial charge in [0.05, 0.1) is 27.6 Å². The Hall–Kier alpha value is -9.18. The van der Waals surface area contributed by atoms with Crippen LogP contribution in [0.5, 0.6) is 0 Å². The minimum absolute atomic E-state index is 0.593. The number of hydrogen-bond donors (Lipinski definition) is 0. The topological polar surface area (TPSA) is 29.5 Å². The highest BCUT2D eigenvalue weighted by atomic mass is 16.3. The zero-order valence-electron chi connectivity index (χ0n) is 38.1. The van der Waals surface area contributed by atoms with Crippen LogP contribution in [0.1, 0.15) is 22.3 Å². The molecule has 0 atom stereocenters. The van der Waals surface area contributed by atoms with E-state index in [-0.39, 0.29) is 0 Å². The summed E-state index contributed by atoms with van der Waals surface area (Å²) in [6.07, 6.45) is 0. The average molecular weight is 894 g/mol. The molecule has 0 radical (unpaired) electrons. The van der Waals surface area contributed by atoms with Crippen molar-refractivity contribution in [2.24, 2.45) is 0 Å². The molecule has 0 amide bonds. The summed E-state index contributed by atoms with van der Waals surface area (Å²) in [4.78, 5) is 2.45. The lowest BCUT2D eigenvalue weighted by Crippen LogP contribution is -2.28. The molecule has 11 aromatic carbocycles. The fourth-order valence-corrected chi connectivity index (χ4v) is 11.6. The van der Waals surface area contributed by atoms with Crippen LogP contribution in [0.2, 0.25) is 0 Å². The van der Waals surface area contributed by atoms with Crippen molar-refractivity contribution in [1.29, 1.82) is 0 Å². The van der Waals surface area contributed by atoms with Crippen LogP contribution in [0.15, 0.2) is 270 Å². The zero-order chi connectivity index (χ0) is 46.2. The van der Waals surface area contributed by atoms with Gasteiger partial charge in [-0.2, -0.15) is 0 Å². The third-order valence-corrected chi connectivity index (χ3v) is 14.6. The lowest BCUT2D eigenvalue weighted by atomic mass is 9.67. The molecular weight excluding hydrogens is 851 g/mol. The van der Waals surface area contributed by atoms with Crippen molar-refractivity contribution < 1.29 is 8.83 Å². The second-order valence-corrected chi connectivity index (χ2v) is 18.3. The zero-order valence-corrected chi connectivity index (χ0v) is 38.1. The molecule has 1 aliphatic carbocycles. The van der Waals surface area contributed by atoms with Crippen LogP contribution in [0.3, 0.4) is 0 Å². The number of benzene rings is 11. The second-order valence-electron chi connectivity index (χ2n) is 18.3. The van der Waals surface area contributed by atoms with Crippen LogP contribution in [-0.4, -0.2) is 0 Å². The van der Waals surface area contributed by atoms with E-state index < -0.39 is 5.41 Å². The fraction of sp³-hybridized carbons (Fsp3) is 0.0149. The molecular formula is C67H43NO2. The maximum atomic E-state index is 6.84. The molecule has 0 bridgehead atoms. The first-order valence-electron chi connectivity index (χ1n) is 24.0. The molecule has 0 aliphatic heterocycles. The van der Waals surface area contributed by atoms with Gasteiger partial charge in [0.1, 0.15) is 22.3 Å². The third-order valence-electron chi connectivity index (χ3n) is 14.6. The van der Waals surface area contributed by atoms with Crippen molar-refractivity contribution in [2.75, 3.05) is 4.90 Å². The van der Waals surface area contributed by atoms with Crippen LogP contribution in [0, 0.1) is 0 Å². The second kappa shape index (κ2) is 16.0. The summed E-state index contributed by atoms with van der Waals surface area (Å²) in [6.45, 7) is 0. The molecule has 328 valence electrons. The van der Waals surface area contributed by atoms with Gasteiger partial charge < -0.3 is 13.7 Å². The Balaban J connectivity index is 1.06.